The molecule has 0 fully saturated rings. The normalized spacial score (nSPS) is 13.0. The second-order valence-corrected chi connectivity index (χ2v) is 9.98. The van der Waals surface area contributed by atoms with E-state index in [2.05, 4.69) is 10.6 Å². The van der Waals surface area contributed by atoms with Gasteiger partial charge in [0.1, 0.15) is 18.0 Å². The number of ether oxygens (including phenoxy) is 2. The number of carbonyl (C=O) groups excluding carboxylic acids is 2. The predicted octanol–water partition coefficient (Wildman–Crippen LogP) is 3.65. The fraction of sp³-hybridized carbons (Fsp3) is 0.364. The van der Waals surface area contributed by atoms with Gasteiger partial charge in [0.05, 0.1) is 17.1 Å². The first-order valence-electron chi connectivity index (χ1n) is 10.2. The largest absolute Gasteiger partial charge is 0.486 e. The second-order valence-electron chi connectivity index (χ2n) is 8.12. The van der Waals surface area contributed by atoms with Gasteiger partial charge in [0.15, 0.2) is 11.6 Å². The molecular weight excluding hydrogens is 472 g/mol. The van der Waals surface area contributed by atoms with Crippen molar-refractivity contribution in [3.63, 3.8) is 0 Å². The van der Waals surface area contributed by atoms with Gasteiger partial charge >= 0.3 is 6.09 Å². The summed E-state index contributed by atoms with van der Waals surface area (Å²) in [6.07, 6.45) is -0.818. The van der Waals surface area contributed by atoms with Crippen molar-refractivity contribution < 1.29 is 36.3 Å². The van der Waals surface area contributed by atoms with Crippen molar-refractivity contribution >= 4 is 33.4 Å². The molecule has 1 aliphatic heterocycles. The molecule has 34 heavy (non-hydrogen) atoms. The number of hydrogen-bond acceptors (Lipinski definition) is 6. The van der Waals surface area contributed by atoms with Gasteiger partial charge in [-0.15, -0.1) is 0 Å². The Morgan fingerprint density at radius 3 is 2.24 bits per heavy atom. The summed E-state index contributed by atoms with van der Waals surface area (Å²) in [4.78, 5) is 21.5. The molecule has 0 saturated carbocycles. The Morgan fingerprint density at radius 2 is 1.71 bits per heavy atom. The van der Waals surface area contributed by atoms with Crippen LogP contribution in [0.2, 0.25) is 0 Å². The number of fused-ring (bicyclic) bond motifs is 1. The number of benzene rings is 2. The van der Waals surface area contributed by atoms with Crippen molar-refractivity contribution in [2.45, 2.75) is 38.2 Å². The van der Waals surface area contributed by atoms with E-state index in [1.165, 1.54) is 13.0 Å². The summed E-state index contributed by atoms with van der Waals surface area (Å²) in [7, 11) is -2.51. The predicted molar refractivity (Wildman–Crippen MR) is 122 cm³/mol. The van der Waals surface area contributed by atoms with Crippen molar-refractivity contribution in [1.82, 2.24) is 5.32 Å². The third-order valence-electron chi connectivity index (χ3n) is 4.23. The van der Waals surface area contributed by atoms with Crippen LogP contribution in [0.3, 0.4) is 0 Å². The number of amides is 2. The van der Waals surface area contributed by atoms with E-state index in [0.29, 0.717) is 0 Å². The molecule has 2 amide bonds. The van der Waals surface area contributed by atoms with E-state index in [1.54, 1.807) is 27.8 Å². The Labute approximate surface area is 197 Å². The Morgan fingerprint density at radius 1 is 1.12 bits per heavy atom. The van der Waals surface area contributed by atoms with E-state index in [9.17, 15) is 26.8 Å². The molecule has 3 rings (SSSR count). The molecule has 0 saturated heterocycles. The lowest BCUT2D eigenvalue weighted by Gasteiger charge is -2.31. The molecule has 2 aromatic rings. The zero-order valence-electron chi connectivity index (χ0n) is 19.4. The highest BCUT2D eigenvalue weighted by molar-refractivity contribution is 7.92. The minimum absolute atomic E-state index is 0.000283. The van der Waals surface area contributed by atoms with Gasteiger partial charge in [-0.3, -0.25) is 14.4 Å². The van der Waals surface area contributed by atoms with Crippen LogP contribution in [0.5, 0.6) is 5.75 Å². The molecule has 0 atom stereocenters. The first-order chi connectivity index (χ1) is 15.7. The molecule has 9 nitrogen and oxygen atoms in total. The fourth-order valence-electron chi connectivity index (χ4n) is 2.74. The summed E-state index contributed by atoms with van der Waals surface area (Å²) in [6, 6.07) is 6.59. The SMILES string of the molecule is CC(C)(C)OC(=O)Nc1cc(F)c2c(c1)N(S(=O)(=O)c1ccc(F)cc1)CCO2.CNC(C)=O. The fourth-order valence-corrected chi connectivity index (χ4v) is 4.18. The van der Waals surface area contributed by atoms with Gasteiger partial charge < -0.3 is 14.8 Å². The van der Waals surface area contributed by atoms with E-state index in [-0.39, 0.29) is 41.1 Å². The topological polar surface area (TPSA) is 114 Å². The maximum Gasteiger partial charge on any atom is 0.412 e. The molecule has 2 N–H and O–H groups in total. The van der Waals surface area contributed by atoms with Crippen molar-refractivity contribution in [2.24, 2.45) is 0 Å². The van der Waals surface area contributed by atoms with E-state index in [1.807, 2.05) is 0 Å². The number of hydrogen-bond donors (Lipinski definition) is 2. The number of carbonyl (C=O) groups is 2. The molecule has 0 aliphatic carbocycles. The quantitative estimate of drug-likeness (QED) is 0.667. The number of sulfonamides is 1. The molecule has 0 bridgehead atoms. The van der Waals surface area contributed by atoms with Crippen LogP contribution in [0.1, 0.15) is 27.7 Å². The summed E-state index contributed by atoms with van der Waals surface area (Å²) >= 11 is 0. The molecule has 0 unspecified atom stereocenters. The lowest BCUT2D eigenvalue weighted by Crippen LogP contribution is -2.38. The minimum Gasteiger partial charge on any atom is -0.486 e. The van der Waals surface area contributed by atoms with Crippen molar-refractivity contribution in [2.75, 3.05) is 29.8 Å². The number of nitrogens with one attached hydrogen (secondary N) is 2. The summed E-state index contributed by atoms with van der Waals surface area (Å²) < 4.78 is 65.1. The molecule has 0 radical (unpaired) electrons. The summed E-state index contributed by atoms with van der Waals surface area (Å²) in [6.45, 7) is 6.34. The number of anilines is 2. The highest BCUT2D eigenvalue weighted by Gasteiger charge is 2.32. The van der Waals surface area contributed by atoms with E-state index in [4.69, 9.17) is 9.47 Å². The van der Waals surface area contributed by atoms with Crippen molar-refractivity contribution in [3.8, 4) is 5.75 Å². The molecule has 186 valence electrons. The lowest BCUT2D eigenvalue weighted by molar-refractivity contribution is -0.118. The number of halogens is 2. The zero-order valence-corrected chi connectivity index (χ0v) is 20.3. The third kappa shape index (κ3) is 7.04. The minimum atomic E-state index is -4.11. The average molecular weight is 500 g/mol. The van der Waals surface area contributed by atoms with E-state index < -0.39 is 33.4 Å². The van der Waals surface area contributed by atoms with Gasteiger partial charge in [-0.25, -0.2) is 22.0 Å². The van der Waals surface area contributed by atoms with Crippen LogP contribution in [-0.2, 0) is 19.6 Å². The van der Waals surface area contributed by atoms with Crippen LogP contribution in [0.25, 0.3) is 0 Å². The Kier molecular flexibility index (Phi) is 8.43. The maximum atomic E-state index is 14.5. The standard InChI is InChI=1S/C19H20F2N2O5S.C3H7NO/c1-19(2,3)28-18(24)22-13-10-15(21)17-16(11-13)23(8-9-27-17)29(25,26)14-6-4-12(20)5-7-14;1-3(5)4-2/h4-7,10-11H,8-9H2,1-3H3,(H,22,24);1-2H3,(H,4,5). The highest BCUT2D eigenvalue weighted by Crippen LogP contribution is 2.39. The van der Waals surface area contributed by atoms with Crippen LogP contribution >= 0.6 is 0 Å². The van der Waals surface area contributed by atoms with Crippen molar-refractivity contribution in [3.05, 3.63) is 48.0 Å². The lowest BCUT2D eigenvalue weighted by atomic mass is 10.2. The molecule has 0 spiro atoms. The number of nitrogens with zero attached hydrogens (tertiary/aromatic N) is 1. The maximum absolute atomic E-state index is 14.5. The molecule has 1 heterocycles. The summed E-state index contributed by atoms with van der Waals surface area (Å²) in [5.41, 5.74) is -0.843. The monoisotopic (exact) mass is 499 g/mol. The van der Waals surface area contributed by atoms with E-state index in [0.717, 1.165) is 34.6 Å². The van der Waals surface area contributed by atoms with Gasteiger partial charge in [-0.05, 0) is 51.1 Å². The van der Waals surface area contributed by atoms with E-state index >= 15 is 0 Å². The first kappa shape index (κ1) is 26.8. The van der Waals surface area contributed by atoms with Gasteiger partial charge in [-0.1, -0.05) is 0 Å². The Bertz CT molecular complexity index is 1150. The smallest absolute Gasteiger partial charge is 0.412 e. The van der Waals surface area contributed by atoms with Gasteiger partial charge in [0.2, 0.25) is 5.91 Å². The Balaban J connectivity index is 0.000000739. The average Bonchev–Trinajstić information content (AvgIpc) is 2.72. The molecule has 0 aromatic heterocycles. The van der Waals surface area contributed by atoms with Crippen LogP contribution in [0.15, 0.2) is 41.3 Å². The summed E-state index contributed by atoms with van der Waals surface area (Å²) in [5.74, 6) is -1.67. The Hall–Kier alpha value is -3.41. The zero-order chi connectivity index (χ0) is 25.7. The van der Waals surface area contributed by atoms with Crippen LogP contribution in [0, 0.1) is 11.6 Å². The summed E-state index contributed by atoms with van der Waals surface area (Å²) in [5, 5.41) is 4.77. The van der Waals surface area contributed by atoms with Gasteiger partial charge in [0, 0.05) is 25.7 Å². The molecule has 1 aliphatic rings. The van der Waals surface area contributed by atoms with Crippen LogP contribution in [-0.4, -0.2) is 46.2 Å². The number of rotatable bonds is 3. The van der Waals surface area contributed by atoms with Gasteiger partial charge in [-0.2, -0.15) is 0 Å². The first-order valence-corrected chi connectivity index (χ1v) is 11.6. The molecular formula is C22H27F2N3O6S. The molecule has 2 aromatic carbocycles. The second kappa shape index (κ2) is 10.7. The molecule has 12 heteroatoms. The van der Waals surface area contributed by atoms with Crippen LogP contribution < -0.4 is 19.7 Å². The highest BCUT2D eigenvalue weighted by atomic mass is 32.2. The van der Waals surface area contributed by atoms with Gasteiger partial charge in [0.25, 0.3) is 10.0 Å². The third-order valence-corrected chi connectivity index (χ3v) is 6.06. The van der Waals surface area contributed by atoms with Crippen molar-refractivity contribution in [1.29, 1.82) is 0 Å². The van der Waals surface area contributed by atoms with Crippen LogP contribution in [0.4, 0.5) is 25.0 Å².